The number of halogens is 1. The quantitative estimate of drug-likeness (QED) is 0.193. The van der Waals surface area contributed by atoms with Crippen molar-refractivity contribution in [2.45, 2.75) is 0 Å². The van der Waals surface area contributed by atoms with E-state index in [0.717, 1.165) is 16.6 Å². The summed E-state index contributed by atoms with van der Waals surface area (Å²) in [6.45, 7) is -0.545. The van der Waals surface area contributed by atoms with Gasteiger partial charge in [-0.3, -0.25) is 29.8 Å². The molecule has 0 fully saturated rings. The first-order chi connectivity index (χ1) is 16.2. The number of benzene rings is 3. The van der Waals surface area contributed by atoms with E-state index in [1.54, 1.807) is 24.3 Å². The maximum absolute atomic E-state index is 12.7. The molecule has 3 rings (SSSR count). The Morgan fingerprint density at radius 1 is 0.882 bits per heavy atom. The van der Waals surface area contributed by atoms with Gasteiger partial charge in [0.25, 0.3) is 17.3 Å². The molecule has 0 saturated carbocycles. The Balaban J connectivity index is 1.77. The molecule has 34 heavy (non-hydrogen) atoms. The number of nitrogens with zero attached hydrogens (tertiary/aromatic N) is 2. The minimum atomic E-state index is -0.965. The smallest absolute Gasteiger partial charge is 0.340 e. The van der Waals surface area contributed by atoms with E-state index in [0.29, 0.717) is 11.6 Å². The first-order valence-corrected chi connectivity index (χ1v) is 10.3. The standard InChI is InChI=1S/C22H14BrN3O8/c23-14-7-5-13(6-8-14)20(27)12-34-22(29)16-3-1-2-4-18(16)24-21(28)17-10-9-15(25(30)31)11-19(17)26(32)33/h1-11H,12H2,(H,24,28). The fourth-order valence-corrected chi connectivity index (χ4v) is 3.13. The van der Waals surface area contributed by atoms with Gasteiger partial charge in [-0.15, -0.1) is 0 Å². The molecule has 3 aromatic rings. The van der Waals surface area contributed by atoms with Gasteiger partial charge >= 0.3 is 5.97 Å². The summed E-state index contributed by atoms with van der Waals surface area (Å²) >= 11 is 3.26. The van der Waals surface area contributed by atoms with Crippen molar-refractivity contribution in [2.75, 3.05) is 11.9 Å². The molecule has 0 unspecified atom stereocenters. The van der Waals surface area contributed by atoms with E-state index < -0.39 is 51.1 Å². The molecule has 1 amide bonds. The average molecular weight is 528 g/mol. The summed E-state index contributed by atoms with van der Waals surface area (Å²) in [6.07, 6.45) is 0. The van der Waals surface area contributed by atoms with E-state index in [2.05, 4.69) is 21.2 Å². The number of anilines is 1. The van der Waals surface area contributed by atoms with Gasteiger partial charge in [0, 0.05) is 16.1 Å². The Morgan fingerprint density at radius 2 is 1.56 bits per heavy atom. The normalized spacial score (nSPS) is 10.3. The molecule has 0 aliphatic rings. The topological polar surface area (TPSA) is 159 Å². The van der Waals surface area contributed by atoms with Gasteiger partial charge in [-0.05, 0) is 30.3 Å². The van der Waals surface area contributed by atoms with Gasteiger partial charge < -0.3 is 10.1 Å². The van der Waals surface area contributed by atoms with Crippen LogP contribution >= 0.6 is 15.9 Å². The van der Waals surface area contributed by atoms with Crippen molar-refractivity contribution in [3.05, 3.63) is 108 Å². The number of hydrogen-bond donors (Lipinski definition) is 1. The lowest BCUT2D eigenvalue weighted by molar-refractivity contribution is -0.394. The minimum Gasteiger partial charge on any atom is -0.454 e. The highest BCUT2D eigenvalue weighted by atomic mass is 79.9. The Kier molecular flexibility index (Phi) is 7.43. The Bertz CT molecular complexity index is 1310. The minimum absolute atomic E-state index is 0.0266. The molecule has 0 aliphatic carbocycles. The van der Waals surface area contributed by atoms with Gasteiger partial charge in [0.1, 0.15) is 5.56 Å². The predicted molar refractivity (Wildman–Crippen MR) is 123 cm³/mol. The van der Waals surface area contributed by atoms with Gasteiger partial charge in [0.15, 0.2) is 12.4 Å². The second-order valence-electron chi connectivity index (χ2n) is 6.72. The maximum Gasteiger partial charge on any atom is 0.340 e. The van der Waals surface area contributed by atoms with E-state index in [1.807, 2.05) is 0 Å². The number of carbonyl (C=O) groups excluding carboxylic acids is 3. The number of carbonyl (C=O) groups is 3. The number of nitro groups is 2. The summed E-state index contributed by atoms with van der Waals surface area (Å²) in [5, 5.41) is 24.6. The molecule has 11 nitrogen and oxygen atoms in total. The van der Waals surface area contributed by atoms with Crippen molar-refractivity contribution in [2.24, 2.45) is 0 Å². The molecule has 172 valence electrons. The van der Waals surface area contributed by atoms with Crippen LogP contribution in [0.15, 0.2) is 71.2 Å². The van der Waals surface area contributed by atoms with Crippen LogP contribution in [-0.2, 0) is 4.74 Å². The van der Waals surface area contributed by atoms with Gasteiger partial charge in [-0.1, -0.05) is 40.2 Å². The monoisotopic (exact) mass is 527 g/mol. The summed E-state index contributed by atoms with van der Waals surface area (Å²) in [6, 6.07) is 14.7. The summed E-state index contributed by atoms with van der Waals surface area (Å²) < 4.78 is 5.85. The van der Waals surface area contributed by atoms with Crippen molar-refractivity contribution in [3.8, 4) is 0 Å². The molecule has 0 bridgehead atoms. The number of amides is 1. The van der Waals surface area contributed by atoms with E-state index in [4.69, 9.17) is 4.74 Å². The SMILES string of the molecule is O=C(COC(=O)c1ccccc1NC(=O)c1ccc([N+](=O)[O-])cc1[N+](=O)[O-])c1ccc(Br)cc1. The first-order valence-electron chi connectivity index (χ1n) is 9.46. The molecule has 0 aliphatic heterocycles. The molecule has 1 N–H and O–H groups in total. The first kappa shape index (κ1) is 24.2. The lowest BCUT2D eigenvalue weighted by Crippen LogP contribution is -2.19. The number of rotatable bonds is 8. The third kappa shape index (κ3) is 5.66. The van der Waals surface area contributed by atoms with E-state index in [9.17, 15) is 34.6 Å². The van der Waals surface area contributed by atoms with Crippen LogP contribution in [0.1, 0.15) is 31.1 Å². The average Bonchev–Trinajstić information content (AvgIpc) is 2.82. The van der Waals surface area contributed by atoms with Crippen molar-refractivity contribution in [3.63, 3.8) is 0 Å². The van der Waals surface area contributed by atoms with Crippen molar-refractivity contribution < 1.29 is 29.0 Å². The van der Waals surface area contributed by atoms with Crippen LogP contribution in [0.4, 0.5) is 17.1 Å². The molecule has 12 heteroatoms. The van der Waals surface area contributed by atoms with Crippen LogP contribution < -0.4 is 5.32 Å². The zero-order valence-electron chi connectivity index (χ0n) is 17.1. The highest BCUT2D eigenvalue weighted by Crippen LogP contribution is 2.26. The van der Waals surface area contributed by atoms with E-state index in [-0.39, 0.29) is 11.3 Å². The van der Waals surface area contributed by atoms with Gasteiger partial charge in [0.05, 0.1) is 27.2 Å². The zero-order chi connectivity index (χ0) is 24.8. The summed E-state index contributed by atoms with van der Waals surface area (Å²) in [4.78, 5) is 57.9. The molecular formula is C22H14BrN3O8. The lowest BCUT2D eigenvalue weighted by atomic mass is 10.1. The number of Topliss-reactive ketones (excluding diaryl/α,β-unsaturated/α-hetero) is 1. The van der Waals surface area contributed by atoms with Crippen LogP contribution in [0.2, 0.25) is 0 Å². The van der Waals surface area contributed by atoms with Crippen LogP contribution in [0, 0.1) is 20.2 Å². The molecular weight excluding hydrogens is 514 g/mol. The lowest BCUT2D eigenvalue weighted by Gasteiger charge is -2.11. The fraction of sp³-hybridized carbons (Fsp3) is 0.0455. The second-order valence-corrected chi connectivity index (χ2v) is 7.64. The third-order valence-electron chi connectivity index (χ3n) is 4.53. The van der Waals surface area contributed by atoms with Crippen molar-refractivity contribution >= 4 is 50.7 Å². The molecule has 0 spiro atoms. The summed E-state index contributed by atoms with van der Waals surface area (Å²) in [5.74, 6) is -2.31. The highest BCUT2D eigenvalue weighted by Gasteiger charge is 2.25. The highest BCUT2D eigenvalue weighted by molar-refractivity contribution is 9.10. The van der Waals surface area contributed by atoms with Gasteiger partial charge in [0.2, 0.25) is 0 Å². The van der Waals surface area contributed by atoms with Gasteiger partial charge in [-0.2, -0.15) is 0 Å². The number of nitrogens with one attached hydrogen (secondary N) is 1. The summed E-state index contributed by atoms with van der Waals surface area (Å²) in [5.41, 5.74) is -1.55. The number of para-hydroxylation sites is 1. The summed E-state index contributed by atoms with van der Waals surface area (Å²) in [7, 11) is 0. The number of hydrogen-bond acceptors (Lipinski definition) is 8. The fourth-order valence-electron chi connectivity index (χ4n) is 2.86. The van der Waals surface area contributed by atoms with Crippen molar-refractivity contribution in [1.29, 1.82) is 0 Å². The number of non-ortho nitro benzene ring substituents is 1. The Hall–Kier alpha value is -4.45. The largest absolute Gasteiger partial charge is 0.454 e. The Labute approximate surface area is 199 Å². The second kappa shape index (κ2) is 10.4. The third-order valence-corrected chi connectivity index (χ3v) is 5.06. The molecule has 3 aromatic carbocycles. The molecule has 0 aromatic heterocycles. The number of nitro benzene ring substituents is 2. The maximum atomic E-state index is 12.7. The molecule has 0 radical (unpaired) electrons. The molecule has 0 atom stereocenters. The van der Waals surface area contributed by atoms with Crippen molar-refractivity contribution in [1.82, 2.24) is 0 Å². The van der Waals surface area contributed by atoms with Crippen LogP contribution in [0.25, 0.3) is 0 Å². The Morgan fingerprint density at radius 3 is 2.21 bits per heavy atom. The molecule has 0 heterocycles. The van der Waals surface area contributed by atoms with Gasteiger partial charge in [-0.25, -0.2) is 4.79 Å². The molecule has 0 saturated heterocycles. The predicted octanol–water partition coefficient (Wildman–Crippen LogP) is 4.56. The van der Waals surface area contributed by atoms with E-state index in [1.165, 1.54) is 24.3 Å². The number of esters is 1. The zero-order valence-corrected chi connectivity index (χ0v) is 18.7. The van der Waals surface area contributed by atoms with Crippen LogP contribution in [-0.4, -0.2) is 34.1 Å². The van der Waals surface area contributed by atoms with Crippen LogP contribution in [0.3, 0.4) is 0 Å². The number of ether oxygens (including phenoxy) is 1. The van der Waals surface area contributed by atoms with Crippen LogP contribution in [0.5, 0.6) is 0 Å². The number of ketones is 1. The van der Waals surface area contributed by atoms with E-state index >= 15 is 0 Å².